The Kier molecular flexibility index (Phi) is 5.98. The van der Waals surface area contributed by atoms with Gasteiger partial charge in [0.05, 0.1) is 28.6 Å². The molecule has 1 aliphatic heterocycles. The van der Waals surface area contributed by atoms with Gasteiger partial charge in [-0.1, -0.05) is 24.3 Å². The molecule has 9 nitrogen and oxygen atoms in total. The number of nitrogens with zero attached hydrogens (tertiary/aromatic N) is 5. The maximum Gasteiger partial charge on any atom is 0.255 e. The Morgan fingerprint density at radius 2 is 1.73 bits per heavy atom. The van der Waals surface area contributed by atoms with Crippen molar-refractivity contribution in [2.24, 2.45) is 0 Å². The van der Waals surface area contributed by atoms with E-state index in [9.17, 15) is 4.79 Å². The van der Waals surface area contributed by atoms with Crippen molar-refractivity contribution in [3.63, 3.8) is 0 Å². The lowest BCUT2D eigenvalue weighted by molar-refractivity contribution is 0.102. The molecule has 40 heavy (non-hydrogen) atoms. The minimum atomic E-state index is -0.170. The number of nitrogens with one attached hydrogen (secondary N) is 3. The van der Waals surface area contributed by atoms with Crippen LogP contribution in [0, 0.1) is 0 Å². The minimum absolute atomic E-state index is 0.170. The number of hydrogen-bond donors (Lipinski definition) is 3. The van der Waals surface area contributed by atoms with Gasteiger partial charge < -0.3 is 20.1 Å². The zero-order chi connectivity index (χ0) is 27.1. The van der Waals surface area contributed by atoms with Gasteiger partial charge in [0.2, 0.25) is 0 Å². The topological polar surface area (TPSA) is 106 Å². The molecule has 3 N–H and O–H groups in total. The molecule has 0 saturated carbocycles. The Bertz CT molecular complexity index is 1830. The first-order valence-corrected chi connectivity index (χ1v) is 13.3. The predicted molar refractivity (Wildman–Crippen MR) is 159 cm³/mol. The Labute approximate surface area is 230 Å². The van der Waals surface area contributed by atoms with Gasteiger partial charge in [0.25, 0.3) is 5.91 Å². The number of likely N-dealkylation sites (N-methyl/N-ethyl adjacent to an activating group) is 1. The van der Waals surface area contributed by atoms with Gasteiger partial charge in [-0.25, -0.2) is 4.98 Å². The summed E-state index contributed by atoms with van der Waals surface area (Å²) in [4.78, 5) is 30.0. The number of piperazine rings is 1. The van der Waals surface area contributed by atoms with Crippen molar-refractivity contribution < 1.29 is 4.79 Å². The predicted octanol–water partition coefficient (Wildman–Crippen LogP) is 5.17. The molecule has 0 radical (unpaired) electrons. The van der Waals surface area contributed by atoms with Crippen LogP contribution in [0.25, 0.3) is 44.3 Å². The first-order chi connectivity index (χ1) is 19.6. The standard InChI is InChI=1S/C31H28N8O/c1-38-11-13-39(14-12-38)30-25-17-28(35-26(25)9-10-33-30)29-24-16-21(7-8-27(24)36-37-29)22-15-23(19-32-18-22)34-31(40)20-5-3-2-4-6-20/h2-10,15-19,35H,11-14H2,1H3,(H,34,40)(H,36,37). The number of carbonyl (C=O) groups excluding carboxylic acids is 1. The van der Waals surface area contributed by atoms with Crippen molar-refractivity contribution in [2.45, 2.75) is 0 Å². The van der Waals surface area contributed by atoms with Crippen molar-refractivity contribution in [1.29, 1.82) is 0 Å². The number of aromatic amines is 2. The van der Waals surface area contributed by atoms with Crippen molar-refractivity contribution in [1.82, 2.24) is 30.0 Å². The van der Waals surface area contributed by atoms with Crippen molar-refractivity contribution >= 4 is 39.2 Å². The van der Waals surface area contributed by atoms with E-state index in [1.54, 1.807) is 24.5 Å². The summed E-state index contributed by atoms with van der Waals surface area (Å²) in [5.74, 6) is 0.838. The highest BCUT2D eigenvalue weighted by molar-refractivity contribution is 6.04. The summed E-state index contributed by atoms with van der Waals surface area (Å²) < 4.78 is 0. The molecular formula is C31H28N8O. The quantitative estimate of drug-likeness (QED) is 0.285. The molecular weight excluding hydrogens is 500 g/mol. The molecule has 1 saturated heterocycles. The van der Waals surface area contributed by atoms with Gasteiger partial charge >= 0.3 is 0 Å². The molecule has 6 aromatic rings. The molecule has 0 aliphatic carbocycles. The van der Waals surface area contributed by atoms with Crippen molar-refractivity contribution in [2.75, 3.05) is 43.4 Å². The largest absolute Gasteiger partial charge is 0.353 e. The van der Waals surface area contributed by atoms with Gasteiger partial charge in [0.1, 0.15) is 11.5 Å². The number of amides is 1. The van der Waals surface area contributed by atoms with Crippen LogP contribution >= 0.6 is 0 Å². The molecule has 0 bridgehead atoms. The van der Waals surface area contributed by atoms with E-state index in [4.69, 9.17) is 4.98 Å². The number of hydrogen-bond acceptors (Lipinski definition) is 6. The Morgan fingerprint density at radius 3 is 2.58 bits per heavy atom. The molecule has 7 rings (SSSR count). The third-order valence-electron chi connectivity index (χ3n) is 7.51. The molecule has 0 unspecified atom stereocenters. The number of pyridine rings is 2. The molecule has 4 aromatic heterocycles. The lowest BCUT2D eigenvalue weighted by Gasteiger charge is -2.33. The van der Waals surface area contributed by atoms with Crippen LogP contribution < -0.4 is 10.2 Å². The zero-order valence-electron chi connectivity index (χ0n) is 22.1. The summed E-state index contributed by atoms with van der Waals surface area (Å²) in [7, 11) is 2.16. The lowest BCUT2D eigenvalue weighted by Crippen LogP contribution is -2.44. The third kappa shape index (κ3) is 4.46. The van der Waals surface area contributed by atoms with Gasteiger partial charge in [-0.15, -0.1) is 0 Å². The number of fused-ring (bicyclic) bond motifs is 2. The highest BCUT2D eigenvalue weighted by atomic mass is 16.1. The fourth-order valence-electron chi connectivity index (χ4n) is 5.29. The maximum absolute atomic E-state index is 12.7. The molecule has 1 amide bonds. The summed E-state index contributed by atoms with van der Waals surface area (Å²) in [5.41, 5.74) is 6.88. The normalized spacial score (nSPS) is 14.2. The summed E-state index contributed by atoms with van der Waals surface area (Å²) in [6.45, 7) is 3.95. The number of anilines is 2. The van der Waals surface area contributed by atoms with Gasteiger partial charge in [-0.2, -0.15) is 5.10 Å². The van der Waals surface area contributed by atoms with Crippen LogP contribution in [0.4, 0.5) is 11.5 Å². The molecule has 9 heteroatoms. The van der Waals surface area contributed by atoms with Crippen LogP contribution in [0.1, 0.15) is 10.4 Å². The number of aromatic nitrogens is 5. The van der Waals surface area contributed by atoms with E-state index in [1.165, 1.54) is 0 Å². The van der Waals surface area contributed by atoms with Crippen LogP contribution in [0.2, 0.25) is 0 Å². The fourth-order valence-corrected chi connectivity index (χ4v) is 5.29. The van der Waals surface area contributed by atoms with E-state index < -0.39 is 0 Å². The van der Waals surface area contributed by atoms with Gasteiger partial charge in [0, 0.05) is 60.5 Å². The summed E-state index contributed by atoms with van der Waals surface area (Å²) in [6.07, 6.45) is 5.33. The summed E-state index contributed by atoms with van der Waals surface area (Å²) in [5, 5.41) is 12.9. The Morgan fingerprint density at radius 1 is 0.875 bits per heavy atom. The van der Waals surface area contributed by atoms with Crippen LogP contribution in [0.3, 0.4) is 0 Å². The van der Waals surface area contributed by atoms with Crippen LogP contribution in [0.5, 0.6) is 0 Å². The second-order valence-electron chi connectivity index (χ2n) is 10.2. The SMILES string of the molecule is CN1CCN(c2nccc3[nH]c(-c4n[nH]c5ccc(-c6cncc(NC(=O)c7ccccc7)c6)cc45)cc23)CC1. The molecule has 5 heterocycles. The second-order valence-corrected chi connectivity index (χ2v) is 10.2. The summed E-state index contributed by atoms with van der Waals surface area (Å²) >= 11 is 0. The molecule has 1 fully saturated rings. The van der Waals surface area contributed by atoms with E-state index in [0.29, 0.717) is 11.3 Å². The van der Waals surface area contributed by atoms with E-state index in [0.717, 1.165) is 76.3 Å². The average Bonchev–Trinajstić information content (AvgIpc) is 3.62. The number of benzene rings is 2. The van der Waals surface area contributed by atoms with Crippen LogP contribution in [0.15, 0.2) is 85.3 Å². The zero-order valence-corrected chi connectivity index (χ0v) is 22.1. The van der Waals surface area contributed by atoms with E-state index in [-0.39, 0.29) is 5.91 Å². The molecule has 198 valence electrons. The van der Waals surface area contributed by atoms with E-state index in [2.05, 4.69) is 54.5 Å². The number of rotatable bonds is 5. The highest BCUT2D eigenvalue weighted by Crippen LogP contribution is 2.34. The van der Waals surface area contributed by atoms with Crippen molar-refractivity contribution in [3.05, 3.63) is 90.9 Å². The molecule has 2 aromatic carbocycles. The maximum atomic E-state index is 12.7. The van der Waals surface area contributed by atoms with E-state index >= 15 is 0 Å². The number of carbonyl (C=O) groups is 1. The van der Waals surface area contributed by atoms with Crippen LogP contribution in [-0.4, -0.2) is 69.2 Å². The smallest absolute Gasteiger partial charge is 0.255 e. The van der Waals surface area contributed by atoms with E-state index in [1.807, 2.05) is 48.7 Å². The first kappa shape index (κ1) is 24.1. The second kappa shape index (κ2) is 9.94. The Balaban J connectivity index is 1.21. The monoisotopic (exact) mass is 528 g/mol. The molecule has 0 atom stereocenters. The van der Waals surface area contributed by atoms with Gasteiger partial charge in [0.15, 0.2) is 0 Å². The lowest BCUT2D eigenvalue weighted by atomic mass is 10.0. The molecule has 1 aliphatic rings. The first-order valence-electron chi connectivity index (χ1n) is 13.3. The summed E-state index contributed by atoms with van der Waals surface area (Å²) in [6, 6.07) is 21.4. The van der Waals surface area contributed by atoms with Gasteiger partial charge in [-0.3, -0.25) is 14.9 Å². The number of H-pyrrole nitrogens is 2. The fraction of sp³-hybridized carbons (Fsp3) is 0.161. The highest BCUT2D eigenvalue weighted by Gasteiger charge is 2.20. The van der Waals surface area contributed by atoms with Crippen molar-refractivity contribution in [3.8, 4) is 22.5 Å². The molecule has 0 spiro atoms. The van der Waals surface area contributed by atoms with Crippen LogP contribution in [-0.2, 0) is 0 Å². The third-order valence-corrected chi connectivity index (χ3v) is 7.51. The minimum Gasteiger partial charge on any atom is -0.353 e. The average molecular weight is 529 g/mol. The van der Waals surface area contributed by atoms with Gasteiger partial charge in [-0.05, 0) is 55.1 Å². The Hall–Kier alpha value is -5.02.